The standard InChI is InChI=1S/C9H13NO/c1-8-5-3-2-4-6-9(7-8)10-11/h2-6H2,1H3. The average molecular weight is 151 g/mol. The van der Waals surface area contributed by atoms with Crippen LogP contribution in [0.25, 0.3) is 0 Å². The van der Waals surface area contributed by atoms with Gasteiger partial charge in [-0.05, 0) is 36.9 Å². The SMILES string of the molecule is CC1=C=C(N=O)CCCCC1. The number of nitroso groups, excluding NO2 is 1. The minimum Gasteiger partial charge on any atom is -0.144 e. The largest absolute Gasteiger partial charge is 0.144 e. The fourth-order valence-electron chi connectivity index (χ4n) is 1.30. The van der Waals surface area contributed by atoms with Gasteiger partial charge in [0.1, 0.15) is 5.70 Å². The van der Waals surface area contributed by atoms with E-state index in [1.165, 1.54) is 18.4 Å². The van der Waals surface area contributed by atoms with Gasteiger partial charge in [-0.25, -0.2) is 0 Å². The zero-order chi connectivity index (χ0) is 8.10. The lowest BCUT2D eigenvalue weighted by atomic mass is 10.0. The van der Waals surface area contributed by atoms with E-state index in [2.05, 4.69) is 10.9 Å². The zero-order valence-corrected chi connectivity index (χ0v) is 6.89. The van der Waals surface area contributed by atoms with E-state index in [4.69, 9.17) is 0 Å². The first-order chi connectivity index (χ1) is 5.33. The summed E-state index contributed by atoms with van der Waals surface area (Å²) in [4.78, 5) is 10.2. The summed E-state index contributed by atoms with van der Waals surface area (Å²) in [5.41, 5.74) is 4.79. The molecule has 1 aliphatic rings. The molecule has 1 aliphatic carbocycles. The van der Waals surface area contributed by atoms with Crippen LogP contribution in [-0.2, 0) is 0 Å². The van der Waals surface area contributed by atoms with E-state index in [9.17, 15) is 4.91 Å². The molecule has 60 valence electrons. The lowest BCUT2D eigenvalue weighted by Crippen LogP contribution is -1.86. The van der Waals surface area contributed by atoms with Crippen LogP contribution in [-0.4, -0.2) is 0 Å². The van der Waals surface area contributed by atoms with Crippen molar-refractivity contribution < 1.29 is 0 Å². The third-order valence-corrected chi connectivity index (χ3v) is 1.93. The van der Waals surface area contributed by atoms with Crippen molar-refractivity contribution >= 4 is 0 Å². The second kappa shape index (κ2) is 4.09. The highest BCUT2D eigenvalue weighted by molar-refractivity contribution is 5.07. The highest BCUT2D eigenvalue weighted by Crippen LogP contribution is 2.17. The molecule has 0 bridgehead atoms. The number of rotatable bonds is 1. The lowest BCUT2D eigenvalue weighted by molar-refractivity contribution is 0.661. The molecule has 0 unspecified atom stereocenters. The lowest BCUT2D eigenvalue weighted by Gasteiger charge is -2.03. The molecule has 0 saturated heterocycles. The molecule has 2 nitrogen and oxygen atoms in total. The van der Waals surface area contributed by atoms with Gasteiger partial charge in [-0.3, -0.25) is 0 Å². The fraction of sp³-hybridized carbons (Fsp3) is 0.667. The Morgan fingerprint density at radius 1 is 1.27 bits per heavy atom. The average Bonchev–Trinajstić information content (AvgIpc) is 1.96. The Balaban J connectivity index is 2.81. The maximum atomic E-state index is 10.2. The van der Waals surface area contributed by atoms with Gasteiger partial charge in [-0.15, -0.1) is 4.91 Å². The molecule has 0 aliphatic heterocycles. The molecule has 11 heavy (non-hydrogen) atoms. The van der Waals surface area contributed by atoms with Crippen molar-refractivity contribution in [3.63, 3.8) is 0 Å². The Kier molecular flexibility index (Phi) is 3.06. The van der Waals surface area contributed by atoms with Crippen molar-refractivity contribution in [2.45, 2.75) is 39.0 Å². The number of nitrogens with zero attached hydrogens (tertiary/aromatic N) is 1. The third-order valence-electron chi connectivity index (χ3n) is 1.93. The van der Waals surface area contributed by atoms with Crippen LogP contribution in [0.1, 0.15) is 39.0 Å². The van der Waals surface area contributed by atoms with Crippen molar-refractivity contribution in [3.8, 4) is 0 Å². The first-order valence-corrected chi connectivity index (χ1v) is 4.11. The van der Waals surface area contributed by atoms with Gasteiger partial charge < -0.3 is 0 Å². The van der Waals surface area contributed by atoms with Crippen LogP contribution in [0.2, 0.25) is 0 Å². The summed E-state index contributed by atoms with van der Waals surface area (Å²) >= 11 is 0. The van der Waals surface area contributed by atoms with Gasteiger partial charge in [0.05, 0.1) is 0 Å². The van der Waals surface area contributed by atoms with Gasteiger partial charge in [-0.1, -0.05) is 12.2 Å². The van der Waals surface area contributed by atoms with Crippen molar-refractivity contribution in [1.82, 2.24) is 0 Å². The maximum Gasteiger partial charge on any atom is 0.127 e. The smallest absolute Gasteiger partial charge is 0.127 e. The molecule has 0 aromatic rings. The number of hydrogen-bond acceptors (Lipinski definition) is 2. The molecule has 0 N–H and O–H groups in total. The van der Waals surface area contributed by atoms with E-state index < -0.39 is 0 Å². The monoisotopic (exact) mass is 151 g/mol. The van der Waals surface area contributed by atoms with Gasteiger partial charge in [0, 0.05) is 6.42 Å². The summed E-state index contributed by atoms with van der Waals surface area (Å²) in [6.45, 7) is 2.01. The van der Waals surface area contributed by atoms with Crippen molar-refractivity contribution in [2.24, 2.45) is 5.18 Å². The fourth-order valence-corrected chi connectivity index (χ4v) is 1.30. The summed E-state index contributed by atoms with van der Waals surface area (Å²) in [6.07, 6.45) is 5.39. The molecule has 0 amide bonds. The van der Waals surface area contributed by atoms with Gasteiger partial charge >= 0.3 is 0 Å². The maximum absolute atomic E-state index is 10.2. The highest BCUT2D eigenvalue weighted by atomic mass is 16.3. The molecule has 0 heterocycles. The molecule has 0 radical (unpaired) electrons. The number of allylic oxidation sites excluding steroid dienone is 1. The van der Waals surface area contributed by atoms with E-state index in [-0.39, 0.29) is 0 Å². The summed E-state index contributed by atoms with van der Waals surface area (Å²) in [7, 11) is 0. The molecular formula is C9H13NO. The molecule has 0 fully saturated rings. The summed E-state index contributed by atoms with van der Waals surface area (Å²) in [6, 6.07) is 0. The first-order valence-electron chi connectivity index (χ1n) is 4.11. The first kappa shape index (κ1) is 8.22. The molecule has 2 heteroatoms. The van der Waals surface area contributed by atoms with E-state index in [0.29, 0.717) is 5.70 Å². The van der Waals surface area contributed by atoms with Crippen molar-refractivity contribution in [2.75, 3.05) is 0 Å². The third kappa shape index (κ3) is 2.69. The van der Waals surface area contributed by atoms with Gasteiger partial charge in [0.25, 0.3) is 0 Å². The molecular weight excluding hydrogens is 138 g/mol. The van der Waals surface area contributed by atoms with E-state index in [0.717, 1.165) is 19.3 Å². The van der Waals surface area contributed by atoms with E-state index >= 15 is 0 Å². The second-order valence-corrected chi connectivity index (χ2v) is 3.00. The zero-order valence-electron chi connectivity index (χ0n) is 6.89. The molecule has 1 rings (SSSR count). The summed E-state index contributed by atoms with van der Waals surface area (Å²) < 4.78 is 0. The van der Waals surface area contributed by atoms with Crippen LogP contribution in [0.5, 0.6) is 0 Å². The van der Waals surface area contributed by atoms with Crippen LogP contribution >= 0.6 is 0 Å². The summed E-state index contributed by atoms with van der Waals surface area (Å²) in [5, 5.41) is 2.93. The second-order valence-electron chi connectivity index (χ2n) is 3.00. The van der Waals surface area contributed by atoms with E-state index in [1.807, 2.05) is 6.92 Å². The number of hydrogen-bond donors (Lipinski definition) is 0. The quantitative estimate of drug-likeness (QED) is 0.418. The molecule has 0 aromatic heterocycles. The van der Waals surface area contributed by atoms with E-state index in [1.54, 1.807) is 0 Å². The van der Waals surface area contributed by atoms with Gasteiger partial charge in [-0.2, -0.15) is 0 Å². The Morgan fingerprint density at radius 2 is 2.00 bits per heavy atom. The molecule has 0 atom stereocenters. The Labute approximate surface area is 67.0 Å². The topological polar surface area (TPSA) is 29.4 Å². The predicted molar refractivity (Wildman–Crippen MR) is 45.1 cm³/mol. The minimum atomic E-state index is 0.599. The van der Waals surface area contributed by atoms with Crippen LogP contribution in [0, 0.1) is 4.91 Å². The predicted octanol–water partition coefficient (Wildman–Crippen LogP) is 3.15. The van der Waals surface area contributed by atoms with Gasteiger partial charge in [0.2, 0.25) is 0 Å². The summed E-state index contributed by atoms with van der Waals surface area (Å²) in [5.74, 6) is 0. The van der Waals surface area contributed by atoms with Crippen molar-refractivity contribution in [3.05, 3.63) is 21.9 Å². The minimum absolute atomic E-state index is 0.599. The Bertz CT molecular complexity index is 212. The highest BCUT2D eigenvalue weighted by Gasteiger charge is 2.01. The molecule has 0 saturated carbocycles. The van der Waals surface area contributed by atoms with Gasteiger partial charge in [0.15, 0.2) is 0 Å². The Morgan fingerprint density at radius 3 is 2.73 bits per heavy atom. The molecule has 0 spiro atoms. The van der Waals surface area contributed by atoms with Crippen LogP contribution in [0.15, 0.2) is 22.2 Å². The normalized spacial score (nSPS) is 19.4. The Hall–Kier alpha value is -0.880. The van der Waals surface area contributed by atoms with Crippen LogP contribution in [0.4, 0.5) is 0 Å². The van der Waals surface area contributed by atoms with Crippen molar-refractivity contribution in [1.29, 1.82) is 0 Å². The van der Waals surface area contributed by atoms with Crippen LogP contribution < -0.4 is 0 Å². The molecule has 0 aromatic carbocycles. The van der Waals surface area contributed by atoms with Crippen LogP contribution in [0.3, 0.4) is 0 Å².